The molecule has 0 aromatic heterocycles. The van der Waals surface area contributed by atoms with E-state index in [1.165, 1.54) is 42.5 Å². The summed E-state index contributed by atoms with van der Waals surface area (Å²) in [4.78, 5) is 17.6. The summed E-state index contributed by atoms with van der Waals surface area (Å²) in [5.74, 6) is -0.0628. The molecule has 2 aromatic rings. The second kappa shape index (κ2) is 9.19. The number of carbonyl (C=O) groups excluding carboxylic acids is 1. The van der Waals surface area contributed by atoms with Gasteiger partial charge in [-0.05, 0) is 74.2 Å². The molecule has 2 heterocycles. The Kier molecular flexibility index (Phi) is 6.41. The van der Waals surface area contributed by atoms with Crippen molar-refractivity contribution in [3.8, 4) is 0 Å². The van der Waals surface area contributed by atoms with Crippen molar-refractivity contribution in [2.75, 3.05) is 38.1 Å². The van der Waals surface area contributed by atoms with Crippen molar-refractivity contribution >= 4 is 23.2 Å². The van der Waals surface area contributed by atoms with E-state index in [-0.39, 0.29) is 11.9 Å². The first kappa shape index (κ1) is 20.2. The lowest BCUT2D eigenvalue weighted by Gasteiger charge is -2.36. The van der Waals surface area contributed by atoms with Crippen LogP contribution in [0.15, 0.2) is 42.5 Å². The van der Waals surface area contributed by atoms with Gasteiger partial charge < -0.3 is 10.2 Å². The largest absolute Gasteiger partial charge is 0.374 e. The maximum absolute atomic E-state index is 12.7. The van der Waals surface area contributed by atoms with Crippen molar-refractivity contribution in [2.45, 2.75) is 38.1 Å². The number of halogens is 1. The predicted molar refractivity (Wildman–Crippen MR) is 120 cm³/mol. The molecule has 0 radical (unpaired) electrons. The normalized spacial score (nSPS) is 18.2. The molecule has 29 heavy (non-hydrogen) atoms. The number of anilines is 1. The lowest BCUT2D eigenvalue weighted by Crippen LogP contribution is -2.40. The molecule has 1 atom stereocenters. The van der Waals surface area contributed by atoms with E-state index in [4.69, 9.17) is 11.6 Å². The standard InChI is InChI=1S/C24H30ClN3O/c1-27-12-6-8-18-15-19(10-11-22(18)27)23(28-13-3-2-4-14-28)17-26-24(29)20-7-5-9-21(25)16-20/h5,7,9-11,15-16,23H,2-4,6,8,12-14,17H2,1H3,(H,26,29). The van der Waals surface area contributed by atoms with E-state index >= 15 is 0 Å². The fourth-order valence-corrected chi connectivity index (χ4v) is 4.81. The third kappa shape index (κ3) is 4.76. The van der Waals surface area contributed by atoms with Crippen LogP contribution < -0.4 is 10.2 Å². The Hall–Kier alpha value is -2.04. The van der Waals surface area contributed by atoms with E-state index in [0.717, 1.165) is 26.1 Å². The number of amides is 1. The monoisotopic (exact) mass is 411 g/mol. The summed E-state index contributed by atoms with van der Waals surface area (Å²) in [5, 5.41) is 3.75. The molecule has 1 unspecified atom stereocenters. The Bertz CT molecular complexity index is 863. The van der Waals surface area contributed by atoms with E-state index in [1.807, 2.05) is 12.1 Å². The molecule has 0 saturated carbocycles. The molecule has 0 bridgehead atoms. The van der Waals surface area contributed by atoms with Crippen LogP contribution in [-0.4, -0.2) is 44.0 Å². The lowest BCUT2D eigenvalue weighted by atomic mass is 9.95. The SMILES string of the molecule is CN1CCCc2cc(C(CNC(=O)c3cccc(Cl)c3)N3CCCCC3)ccc21. The smallest absolute Gasteiger partial charge is 0.251 e. The van der Waals surface area contributed by atoms with Gasteiger partial charge in [-0.25, -0.2) is 0 Å². The molecular formula is C24H30ClN3O. The van der Waals surface area contributed by atoms with Crippen molar-refractivity contribution in [1.29, 1.82) is 0 Å². The van der Waals surface area contributed by atoms with Crippen molar-refractivity contribution in [1.82, 2.24) is 10.2 Å². The number of nitrogens with zero attached hydrogens (tertiary/aromatic N) is 2. The molecule has 4 nitrogen and oxygen atoms in total. The molecule has 2 aromatic carbocycles. The van der Waals surface area contributed by atoms with Gasteiger partial charge in [-0.15, -0.1) is 0 Å². The van der Waals surface area contributed by atoms with Crippen LogP contribution in [0.1, 0.15) is 53.2 Å². The number of benzene rings is 2. The van der Waals surface area contributed by atoms with Gasteiger partial charge >= 0.3 is 0 Å². The summed E-state index contributed by atoms with van der Waals surface area (Å²) in [6, 6.07) is 14.2. The third-order valence-corrected chi connectivity index (χ3v) is 6.45. The number of aryl methyl sites for hydroxylation is 1. The zero-order chi connectivity index (χ0) is 20.2. The van der Waals surface area contributed by atoms with Crippen LogP contribution in [-0.2, 0) is 6.42 Å². The molecule has 1 fully saturated rings. The number of likely N-dealkylation sites (tertiary alicyclic amines) is 1. The van der Waals surface area contributed by atoms with Crippen LogP contribution in [0.2, 0.25) is 5.02 Å². The average molecular weight is 412 g/mol. The van der Waals surface area contributed by atoms with E-state index in [0.29, 0.717) is 17.1 Å². The predicted octanol–water partition coefficient (Wildman–Crippen LogP) is 4.68. The lowest BCUT2D eigenvalue weighted by molar-refractivity contribution is 0.0924. The summed E-state index contributed by atoms with van der Waals surface area (Å²) in [5.41, 5.74) is 4.70. The van der Waals surface area contributed by atoms with E-state index in [9.17, 15) is 4.79 Å². The van der Waals surface area contributed by atoms with Crippen molar-refractivity contribution < 1.29 is 4.79 Å². The number of carbonyl (C=O) groups is 1. The minimum atomic E-state index is -0.0628. The number of hydrogen-bond donors (Lipinski definition) is 1. The molecule has 154 valence electrons. The second-order valence-corrected chi connectivity index (χ2v) is 8.68. The highest BCUT2D eigenvalue weighted by Crippen LogP contribution is 2.31. The Morgan fingerprint density at radius 2 is 1.90 bits per heavy atom. The highest BCUT2D eigenvalue weighted by molar-refractivity contribution is 6.30. The van der Waals surface area contributed by atoms with E-state index in [1.54, 1.807) is 12.1 Å². The van der Waals surface area contributed by atoms with E-state index in [2.05, 4.69) is 40.4 Å². The van der Waals surface area contributed by atoms with Gasteiger partial charge in [-0.1, -0.05) is 36.2 Å². The first-order valence-corrected chi connectivity index (χ1v) is 11.1. The molecular weight excluding hydrogens is 382 g/mol. The molecule has 0 spiro atoms. The fourth-order valence-electron chi connectivity index (χ4n) is 4.62. The Morgan fingerprint density at radius 3 is 2.69 bits per heavy atom. The highest BCUT2D eigenvalue weighted by Gasteiger charge is 2.25. The molecule has 2 aliphatic rings. The number of nitrogens with one attached hydrogen (secondary N) is 1. The zero-order valence-corrected chi connectivity index (χ0v) is 17.9. The fraction of sp³-hybridized carbons (Fsp3) is 0.458. The average Bonchev–Trinajstić information content (AvgIpc) is 2.74. The number of rotatable bonds is 5. The topological polar surface area (TPSA) is 35.6 Å². The summed E-state index contributed by atoms with van der Waals surface area (Å²) in [6.45, 7) is 3.92. The van der Waals surface area contributed by atoms with E-state index < -0.39 is 0 Å². The maximum atomic E-state index is 12.7. The van der Waals surface area contributed by atoms with Gasteiger partial charge in [0.15, 0.2) is 0 Å². The number of hydrogen-bond acceptors (Lipinski definition) is 3. The summed E-state index contributed by atoms with van der Waals surface area (Å²) < 4.78 is 0. The molecule has 4 rings (SSSR count). The zero-order valence-electron chi connectivity index (χ0n) is 17.2. The van der Waals surface area contributed by atoms with Crippen molar-refractivity contribution in [3.63, 3.8) is 0 Å². The van der Waals surface area contributed by atoms with Crippen molar-refractivity contribution in [2.24, 2.45) is 0 Å². The van der Waals surface area contributed by atoms with Gasteiger partial charge in [0.05, 0.1) is 6.04 Å². The summed E-state index contributed by atoms with van der Waals surface area (Å²) in [7, 11) is 2.17. The Balaban J connectivity index is 1.54. The second-order valence-electron chi connectivity index (χ2n) is 8.25. The minimum Gasteiger partial charge on any atom is -0.374 e. The van der Waals surface area contributed by atoms with Crippen LogP contribution in [0.4, 0.5) is 5.69 Å². The van der Waals surface area contributed by atoms with Crippen molar-refractivity contribution in [3.05, 3.63) is 64.2 Å². The summed E-state index contributed by atoms with van der Waals surface area (Å²) >= 11 is 6.06. The molecule has 1 N–H and O–H groups in total. The van der Waals surface area contributed by atoms with Crippen LogP contribution in [0, 0.1) is 0 Å². The number of fused-ring (bicyclic) bond motifs is 1. The molecule has 0 aliphatic carbocycles. The van der Waals surface area contributed by atoms with Gasteiger partial charge in [0, 0.05) is 36.4 Å². The molecule has 2 aliphatic heterocycles. The van der Waals surface area contributed by atoms with Crippen LogP contribution in [0.25, 0.3) is 0 Å². The summed E-state index contributed by atoms with van der Waals surface area (Å²) in [6.07, 6.45) is 6.09. The van der Waals surface area contributed by atoms with Crippen LogP contribution in [0.5, 0.6) is 0 Å². The molecule has 1 amide bonds. The van der Waals surface area contributed by atoms with Gasteiger partial charge in [-0.2, -0.15) is 0 Å². The van der Waals surface area contributed by atoms with Crippen LogP contribution in [0.3, 0.4) is 0 Å². The minimum absolute atomic E-state index is 0.0628. The van der Waals surface area contributed by atoms with Crippen LogP contribution >= 0.6 is 11.6 Å². The maximum Gasteiger partial charge on any atom is 0.251 e. The Labute approximate surface area is 178 Å². The first-order valence-electron chi connectivity index (χ1n) is 10.7. The highest BCUT2D eigenvalue weighted by atomic mass is 35.5. The quantitative estimate of drug-likeness (QED) is 0.775. The number of piperidine rings is 1. The van der Waals surface area contributed by atoms with Gasteiger partial charge in [-0.3, -0.25) is 9.69 Å². The Morgan fingerprint density at radius 1 is 1.07 bits per heavy atom. The molecule has 5 heteroatoms. The molecule has 1 saturated heterocycles. The van der Waals surface area contributed by atoms with Gasteiger partial charge in [0.1, 0.15) is 0 Å². The first-order chi connectivity index (χ1) is 14.1. The van der Waals surface area contributed by atoms with Gasteiger partial charge in [0.2, 0.25) is 0 Å². The van der Waals surface area contributed by atoms with Gasteiger partial charge in [0.25, 0.3) is 5.91 Å². The third-order valence-electron chi connectivity index (χ3n) is 6.21.